The molecule has 2 unspecified atom stereocenters. The van der Waals surface area contributed by atoms with Crippen molar-refractivity contribution in [1.29, 1.82) is 0 Å². The topological polar surface area (TPSA) is 46.6 Å². The predicted octanol–water partition coefficient (Wildman–Crippen LogP) is 1.81. The Morgan fingerprint density at radius 2 is 1.85 bits per heavy atom. The molecule has 1 aromatic carbocycles. The van der Waals surface area contributed by atoms with Crippen LogP contribution in [0.2, 0.25) is 0 Å². The number of ether oxygens (including phenoxy) is 1. The average molecular weight is 301 g/mol. The van der Waals surface area contributed by atoms with Crippen LogP contribution in [0.25, 0.3) is 0 Å². The zero-order valence-corrected chi connectivity index (χ0v) is 12.6. The van der Waals surface area contributed by atoms with Gasteiger partial charge < -0.3 is 4.74 Å². The number of morpholine rings is 1. The highest BCUT2D eigenvalue weighted by Gasteiger charge is 2.34. The minimum atomic E-state index is -3.41. The highest BCUT2D eigenvalue weighted by molar-refractivity contribution is 7.89. The van der Waals surface area contributed by atoms with Crippen LogP contribution in [0.5, 0.6) is 0 Å². The van der Waals surface area contributed by atoms with Crippen molar-refractivity contribution in [3.63, 3.8) is 0 Å². The van der Waals surface area contributed by atoms with Crippen molar-refractivity contribution in [2.24, 2.45) is 0 Å². The van der Waals surface area contributed by atoms with Crippen molar-refractivity contribution >= 4 is 10.0 Å². The first-order chi connectivity index (χ1) is 9.42. The number of aryl methyl sites for hydroxylation is 1. The number of benzene rings is 1. The summed E-state index contributed by atoms with van der Waals surface area (Å²) in [7, 11) is -3.41. The first kappa shape index (κ1) is 15.4. The fraction of sp³-hybridized carbons (Fsp3) is 0.571. The van der Waals surface area contributed by atoms with Gasteiger partial charge in [0.25, 0.3) is 0 Å². The molecule has 0 radical (unpaired) electrons. The van der Waals surface area contributed by atoms with E-state index in [0.29, 0.717) is 18.8 Å². The molecule has 2 rings (SSSR count). The van der Waals surface area contributed by atoms with Crippen LogP contribution in [0.1, 0.15) is 19.4 Å². The number of halogens is 1. The summed E-state index contributed by atoms with van der Waals surface area (Å²) in [5.41, 5.74) is 0.435. The molecule has 0 bridgehead atoms. The van der Waals surface area contributed by atoms with E-state index in [1.807, 2.05) is 13.8 Å². The lowest BCUT2D eigenvalue weighted by molar-refractivity contribution is 0.00639. The number of hydrogen-bond acceptors (Lipinski definition) is 3. The lowest BCUT2D eigenvalue weighted by atomic mass is 10.2. The number of sulfonamides is 1. The van der Waals surface area contributed by atoms with E-state index >= 15 is 0 Å². The van der Waals surface area contributed by atoms with Gasteiger partial charge in [0, 0.05) is 12.1 Å². The Balaban J connectivity index is 2.09. The predicted molar refractivity (Wildman–Crippen MR) is 75.5 cm³/mol. The zero-order chi connectivity index (χ0) is 14.8. The summed E-state index contributed by atoms with van der Waals surface area (Å²) >= 11 is 0. The largest absolute Gasteiger partial charge is 0.378 e. The molecule has 1 aromatic rings. The number of nitrogens with zero attached hydrogens (tertiary/aromatic N) is 1. The van der Waals surface area contributed by atoms with Crippen LogP contribution >= 0.6 is 0 Å². The molecule has 0 spiro atoms. The third-order valence-electron chi connectivity index (χ3n) is 3.50. The summed E-state index contributed by atoms with van der Waals surface area (Å²) < 4.78 is 45.2. The highest BCUT2D eigenvalue weighted by Crippen LogP contribution is 2.19. The Bertz CT molecular complexity index is 551. The molecule has 112 valence electrons. The monoisotopic (exact) mass is 301 g/mol. The van der Waals surface area contributed by atoms with Crippen molar-refractivity contribution in [2.75, 3.05) is 19.0 Å². The molecule has 0 N–H and O–H groups in total. The van der Waals surface area contributed by atoms with Crippen LogP contribution in [0, 0.1) is 5.82 Å². The first-order valence-corrected chi connectivity index (χ1v) is 8.35. The van der Waals surface area contributed by atoms with E-state index in [2.05, 4.69) is 0 Å². The molecule has 1 aliphatic heterocycles. The van der Waals surface area contributed by atoms with Gasteiger partial charge in [0.1, 0.15) is 5.82 Å². The summed E-state index contributed by atoms with van der Waals surface area (Å²) in [5.74, 6) is -0.437. The SMILES string of the molecule is CC1COCC(C)N1S(=O)(=O)CCc1ccccc1F. The molecule has 4 nitrogen and oxygen atoms in total. The van der Waals surface area contributed by atoms with Crippen molar-refractivity contribution < 1.29 is 17.5 Å². The van der Waals surface area contributed by atoms with Gasteiger partial charge >= 0.3 is 0 Å². The van der Waals surface area contributed by atoms with Gasteiger partial charge in [-0.1, -0.05) is 18.2 Å². The Labute approximate surface area is 119 Å². The van der Waals surface area contributed by atoms with Crippen LogP contribution in [0.3, 0.4) is 0 Å². The second kappa shape index (κ2) is 6.20. The van der Waals surface area contributed by atoms with Gasteiger partial charge in [-0.3, -0.25) is 0 Å². The molecule has 0 aromatic heterocycles. The summed E-state index contributed by atoms with van der Waals surface area (Å²) in [6.45, 7) is 4.47. The number of hydrogen-bond donors (Lipinski definition) is 0. The third-order valence-corrected chi connectivity index (χ3v) is 5.58. The van der Waals surface area contributed by atoms with Crippen molar-refractivity contribution in [3.05, 3.63) is 35.6 Å². The van der Waals surface area contributed by atoms with Gasteiger partial charge in [-0.25, -0.2) is 12.8 Å². The third kappa shape index (κ3) is 3.37. The van der Waals surface area contributed by atoms with Crippen LogP contribution < -0.4 is 0 Å². The molecule has 1 fully saturated rings. The first-order valence-electron chi connectivity index (χ1n) is 6.74. The van der Waals surface area contributed by atoms with Crippen LogP contribution in [0.15, 0.2) is 24.3 Å². The Hall–Kier alpha value is -0.980. The van der Waals surface area contributed by atoms with Gasteiger partial charge in [0.2, 0.25) is 10.0 Å². The lowest BCUT2D eigenvalue weighted by Gasteiger charge is -2.37. The van der Waals surface area contributed by atoms with Gasteiger partial charge in [-0.05, 0) is 31.9 Å². The van der Waals surface area contributed by atoms with E-state index in [-0.39, 0.29) is 30.1 Å². The standard InChI is InChI=1S/C14H20FNO3S/c1-11-9-19-10-12(2)16(11)20(17,18)8-7-13-5-3-4-6-14(13)15/h3-6,11-12H,7-10H2,1-2H3. The molecule has 0 amide bonds. The van der Waals surface area contributed by atoms with Crippen molar-refractivity contribution in [2.45, 2.75) is 32.4 Å². The molecule has 20 heavy (non-hydrogen) atoms. The maximum atomic E-state index is 13.5. The molecule has 1 heterocycles. The molecular formula is C14H20FNO3S. The maximum Gasteiger partial charge on any atom is 0.215 e. The van der Waals surface area contributed by atoms with Crippen LogP contribution in [-0.2, 0) is 21.2 Å². The average Bonchev–Trinajstić information content (AvgIpc) is 2.37. The van der Waals surface area contributed by atoms with E-state index in [1.165, 1.54) is 10.4 Å². The lowest BCUT2D eigenvalue weighted by Crippen LogP contribution is -2.53. The molecule has 0 aliphatic carbocycles. The van der Waals surface area contributed by atoms with E-state index in [1.54, 1.807) is 18.2 Å². The molecule has 1 aliphatic rings. The fourth-order valence-electron chi connectivity index (χ4n) is 2.58. The smallest absolute Gasteiger partial charge is 0.215 e. The quantitative estimate of drug-likeness (QED) is 0.852. The summed E-state index contributed by atoms with van der Waals surface area (Å²) in [4.78, 5) is 0. The molecule has 2 atom stereocenters. The second-order valence-electron chi connectivity index (χ2n) is 5.22. The van der Waals surface area contributed by atoms with Crippen LogP contribution in [-0.4, -0.2) is 43.8 Å². The summed E-state index contributed by atoms with van der Waals surface area (Å²) in [5, 5.41) is 0. The molecule has 1 saturated heterocycles. The minimum absolute atomic E-state index is 0.0807. The highest BCUT2D eigenvalue weighted by atomic mass is 32.2. The summed E-state index contributed by atoms with van der Waals surface area (Å²) in [6, 6.07) is 5.93. The Kier molecular flexibility index (Phi) is 4.78. The second-order valence-corrected chi connectivity index (χ2v) is 7.22. The molecule has 0 saturated carbocycles. The van der Waals surface area contributed by atoms with Crippen molar-refractivity contribution in [1.82, 2.24) is 4.31 Å². The van der Waals surface area contributed by atoms with Gasteiger partial charge in [-0.15, -0.1) is 0 Å². The normalized spacial score (nSPS) is 24.8. The van der Waals surface area contributed by atoms with Gasteiger partial charge in [0.15, 0.2) is 0 Å². The van der Waals surface area contributed by atoms with Crippen molar-refractivity contribution in [3.8, 4) is 0 Å². The Morgan fingerprint density at radius 3 is 2.45 bits per heavy atom. The number of rotatable bonds is 4. The zero-order valence-electron chi connectivity index (χ0n) is 11.8. The maximum absolute atomic E-state index is 13.5. The van der Waals surface area contributed by atoms with E-state index < -0.39 is 10.0 Å². The Morgan fingerprint density at radius 1 is 1.25 bits per heavy atom. The van der Waals surface area contributed by atoms with Crippen LogP contribution in [0.4, 0.5) is 4.39 Å². The summed E-state index contributed by atoms with van der Waals surface area (Å²) in [6.07, 6.45) is 0.186. The fourth-order valence-corrected chi connectivity index (χ4v) is 4.49. The van der Waals surface area contributed by atoms with E-state index in [9.17, 15) is 12.8 Å². The van der Waals surface area contributed by atoms with Gasteiger partial charge in [-0.2, -0.15) is 4.31 Å². The van der Waals surface area contributed by atoms with E-state index in [4.69, 9.17) is 4.74 Å². The molecule has 6 heteroatoms. The van der Waals surface area contributed by atoms with Gasteiger partial charge in [0.05, 0.1) is 19.0 Å². The molecular weight excluding hydrogens is 281 g/mol. The van der Waals surface area contributed by atoms with E-state index in [0.717, 1.165) is 0 Å². The minimum Gasteiger partial charge on any atom is -0.378 e.